The molecule has 1 aliphatic rings. The summed E-state index contributed by atoms with van der Waals surface area (Å²) in [6, 6.07) is 9.18. The minimum Gasteiger partial charge on any atom is -0.379 e. The first-order valence-electron chi connectivity index (χ1n) is 9.67. The zero-order chi connectivity index (χ0) is 22.9. The van der Waals surface area contributed by atoms with Crippen molar-refractivity contribution in [2.45, 2.75) is 11.4 Å². The van der Waals surface area contributed by atoms with Gasteiger partial charge in [0.15, 0.2) is 4.80 Å². The molecule has 0 bridgehead atoms. The van der Waals surface area contributed by atoms with E-state index >= 15 is 0 Å². The van der Waals surface area contributed by atoms with E-state index in [2.05, 4.69) is 11.6 Å². The number of carbonyl (C=O) groups is 1. The molecule has 0 radical (unpaired) electrons. The fourth-order valence-corrected chi connectivity index (χ4v) is 6.60. The number of benzene rings is 2. The van der Waals surface area contributed by atoms with Crippen molar-refractivity contribution in [3.05, 3.63) is 69.5 Å². The molecule has 1 aromatic heterocycles. The molecule has 0 unspecified atom stereocenters. The molecule has 0 saturated carbocycles. The van der Waals surface area contributed by atoms with Gasteiger partial charge in [0.25, 0.3) is 5.91 Å². The number of nitrogens with zero attached hydrogens (tertiary/aromatic N) is 3. The topological polar surface area (TPSA) is 81.0 Å². The molecule has 0 N–H and O–H groups in total. The maximum Gasteiger partial charge on any atom is 0.279 e. The number of halogens is 2. The monoisotopic (exact) mass is 511 g/mol. The fourth-order valence-electron chi connectivity index (χ4n) is 3.37. The molecule has 1 aliphatic heterocycles. The van der Waals surface area contributed by atoms with Crippen molar-refractivity contribution in [3.8, 4) is 0 Å². The van der Waals surface area contributed by atoms with Crippen LogP contribution in [0.15, 0.2) is 58.9 Å². The minimum atomic E-state index is -3.63. The van der Waals surface area contributed by atoms with Gasteiger partial charge in [-0.2, -0.15) is 9.30 Å². The summed E-state index contributed by atoms with van der Waals surface area (Å²) in [5.74, 6) is -0.494. The normalized spacial score (nSPS) is 15.9. The Morgan fingerprint density at radius 2 is 1.88 bits per heavy atom. The maximum absolute atomic E-state index is 12.8. The van der Waals surface area contributed by atoms with Crippen LogP contribution >= 0.6 is 34.5 Å². The standard InChI is InChI=1S/C21H19Cl2N3O4S2/c1-2-7-26-19-17(23)12-15(22)13-18(19)31-21(26)24-20(27)14-3-5-16(6-4-14)32(28,29)25-8-10-30-11-9-25/h2-6,12-13H,1,7-11H2. The molecule has 0 spiro atoms. The molecule has 168 valence electrons. The number of hydrogen-bond donors (Lipinski definition) is 0. The lowest BCUT2D eigenvalue weighted by Crippen LogP contribution is -2.40. The second-order valence-electron chi connectivity index (χ2n) is 6.98. The number of aromatic nitrogens is 1. The van der Waals surface area contributed by atoms with Gasteiger partial charge in [-0.1, -0.05) is 40.6 Å². The molecule has 3 aromatic rings. The van der Waals surface area contributed by atoms with Crippen LogP contribution in [0.25, 0.3) is 10.2 Å². The third-order valence-electron chi connectivity index (χ3n) is 4.91. The smallest absolute Gasteiger partial charge is 0.279 e. The number of sulfonamides is 1. The largest absolute Gasteiger partial charge is 0.379 e. The SMILES string of the molecule is C=CCn1c(=NC(=O)c2ccc(S(=O)(=O)N3CCOCC3)cc2)sc2cc(Cl)cc(Cl)c21. The van der Waals surface area contributed by atoms with Gasteiger partial charge in [-0.25, -0.2) is 8.42 Å². The summed E-state index contributed by atoms with van der Waals surface area (Å²) in [6.07, 6.45) is 1.69. The number of morpholine rings is 1. The number of thiazole rings is 1. The molecule has 2 aromatic carbocycles. The van der Waals surface area contributed by atoms with E-state index in [1.54, 1.807) is 22.8 Å². The Bertz CT molecular complexity index is 1360. The Labute approximate surface area is 199 Å². The average molecular weight is 512 g/mol. The van der Waals surface area contributed by atoms with Crippen molar-refractivity contribution in [2.24, 2.45) is 4.99 Å². The van der Waals surface area contributed by atoms with E-state index in [1.165, 1.54) is 39.9 Å². The van der Waals surface area contributed by atoms with Crippen molar-refractivity contribution >= 4 is 60.7 Å². The molecule has 1 amide bonds. The quantitative estimate of drug-likeness (QED) is 0.485. The molecule has 2 heterocycles. The molecule has 1 fully saturated rings. The second kappa shape index (κ2) is 9.46. The number of amides is 1. The van der Waals surface area contributed by atoms with E-state index in [-0.39, 0.29) is 10.5 Å². The van der Waals surface area contributed by atoms with E-state index < -0.39 is 15.9 Å². The first kappa shape index (κ1) is 23.2. The highest BCUT2D eigenvalue weighted by Crippen LogP contribution is 2.29. The molecule has 7 nitrogen and oxygen atoms in total. The zero-order valence-corrected chi connectivity index (χ0v) is 20.0. The van der Waals surface area contributed by atoms with Crippen LogP contribution in [-0.4, -0.2) is 49.5 Å². The minimum absolute atomic E-state index is 0.126. The highest BCUT2D eigenvalue weighted by Gasteiger charge is 2.26. The van der Waals surface area contributed by atoms with Gasteiger partial charge >= 0.3 is 0 Å². The highest BCUT2D eigenvalue weighted by molar-refractivity contribution is 7.89. The van der Waals surface area contributed by atoms with Crippen LogP contribution in [0.3, 0.4) is 0 Å². The number of ether oxygens (including phenoxy) is 1. The Balaban J connectivity index is 1.68. The highest BCUT2D eigenvalue weighted by atomic mass is 35.5. The predicted molar refractivity (Wildman–Crippen MR) is 126 cm³/mol. The number of allylic oxidation sites excluding steroid dienone is 1. The zero-order valence-electron chi connectivity index (χ0n) is 16.8. The molecule has 11 heteroatoms. The molecule has 4 rings (SSSR count). The summed E-state index contributed by atoms with van der Waals surface area (Å²) in [4.78, 5) is 17.7. The van der Waals surface area contributed by atoms with Crippen molar-refractivity contribution in [2.75, 3.05) is 26.3 Å². The summed E-state index contributed by atoms with van der Waals surface area (Å²) in [6.45, 7) is 5.51. The third kappa shape index (κ3) is 4.54. The van der Waals surface area contributed by atoms with Crippen LogP contribution in [0.5, 0.6) is 0 Å². The number of rotatable bonds is 5. The Hall–Kier alpha value is -2.01. The van der Waals surface area contributed by atoms with Crippen LogP contribution in [-0.2, 0) is 21.3 Å². The molecule has 0 atom stereocenters. The number of fused-ring (bicyclic) bond motifs is 1. The van der Waals surface area contributed by atoms with Crippen molar-refractivity contribution in [3.63, 3.8) is 0 Å². The van der Waals surface area contributed by atoms with E-state index in [4.69, 9.17) is 27.9 Å². The lowest BCUT2D eigenvalue weighted by molar-refractivity contribution is 0.0730. The van der Waals surface area contributed by atoms with E-state index in [0.717, 1.165) is 10.2 Å². The Kier molecular flexibility index (Phi) is 6.85. The van der Waals surface area contributed by atoms with Crippen molar-refractivity contribution in [1.82, 2.24) is 8.87 Å². The molecular formula is C21H19Cl2N3O4S2. The van der Waals surface area contributed by atoms with Gasteiger partial charge in [-0.05, 0) is 36.4 Å². The average Bonchev–Trinajstić information content (AvgIpc) is 3.11. The molecular weight excluding hydrogens is 493 g/mol. The summed E-state index contributed by atoms with van der Waals surface area (Å²) in [5.41, 5.74) is 0.997. The van der Waals surface area contributed by atoms with Gasteiger partial charge in [0.1, 0.15) is 0 Å². The molecule has 1 saturated heterocycles. The summed E-state index contributed by atoms with van der Waals surface area (Å²) < 4.78 is 34.7. The van der Waals surface area contributed by atoms with E-state index in [9.17, 15) is 13.2 Å². The number of carbonyl (C=O) groups excluding carboxylic acids is 1. The van der Waals surface area contributed by atoms with Crippen LogP contribution in [0.2, 0.25) is 10.0 Å². The van der Waals surface area contributed by atoms with Gasteiger partial charge < -0.3 is 9.30 Å². The predicted octanol–water partition coefficient (Wildman–Crippen LogP) is 3.96. The van der Waals surface area contributed by atoms with Crippen molar-refractivity contribution < 1.29 is 17.9 Å². The Morgan fingerprint density at radius 1 is 1.19 bits per heavy atom. The van der Waals surface area contributed by atoms with Gasteiger partial charge in [0.2, 0.25) is 10.0 Å². The maximum atomic E-state index is 12.8. The van der Waals surface area contributed by atoms with E-state index in [0.29, 0.717) is 47.7 Å². The fraction of sp³-hybridized carbons (Fsp3) is 0.238. The summed E-state index contributed by atoms with van der Waals surface area (Å²) >= 11 is 13.8. The summed E-state index contributed by atoms with van der Waals surface area (Å²) in [5, 5.41) is 0.946. The second-order valence-corrected chi connectivity index (χ2v) is 10.8. The van der Waals surface area contributed by atoms with Gasteiger partial charge in [-0.15, -0.1) is 6.58 Å². The molecule has 0 aliphatic carbocycles. The third-order valence-corrected chi connectivity index (χ3v) is 8.36. The number of hydrogen-bond acceptors (Lipinski definition) is 5. The van der Waals surface area contributed by atoms with Crippen LogP contribution < -0.4 is 4.80 Å². The Morgan fingerprint density at radius 3 is 2.53 bits per heavy atom. The summed E-state index contributed by atoms with van der Waals surface area (Å²) in [7, 11) is -3.63. The van der Waals surface area contributed by atoms with E-state index in [1.807, 2.05) is 0 Å². The van der Waals surface area contributed by atoms with Crippen LogP contribution in [0.1, 0.15) is 10.4 Å². The van der Waals surface area contributed by atoms with Gasteiger partial charge in [-0.3, -0.25) is 4.79 Å². The van der Waals surface area contributed by atoms with Crippen molar-refractivity contribution in [1.29, 1.82) is 0 Å². The lowest BCUT2D eigenvalue weighted by atomic mass is 10.2. The lowest BCUT2D eigenvalue weighted by Gasteiger charge is -2.26. The molecule has 32 heavy (non-hydrogen) atoms. The first-order valence-corrected chi connectivity index (χ1v) is 12.7. The van der Waals surface area contributed by atoms with Crippen LogP contribution in [0.4, 0.5) is 0 Å². The van der Waals surface area contributed by atoms with Crippen LogP contribution in [0, 0.1) is 0 Å². The first-order chi connectivity index (χ1) is 15.3. The van der Waals surface area contributed by atoms with Gasteiger partial charge in [0, 0.05) is 30.2 Å². The van der Waals surface area contributed by atoms with Gasteiger partial charge in [0.05, 0.1) is 33.3 Å².